The number of rotatable bonds is 56. The molecule has 0 aromatic rings. The Bertz CT molecular complexity index is 1040. The van der Waals surface area contributed by atoms with Crippen molar-refractivity contribution in [3.8, 4) is 0 Å². The molecule has 0 aromatic heterocycles. The third-order valence-corrected chi connectivity index (χ3v) is 13.8. The van der Waals surface area contributed by atoms with Gasteiger partial charge >= 0.3 is 17.9 Å². The lowest BCUT2D eigenvalue weighted by Crippen LogP contribution is -2.30. The first-order chi connectivity index (χ1) is 33.0. The van der Waals surface area contributed by atoms with Gasteiger partial charge in [-0.05, 0) is 44.9 Å². The highest BCUT2D eigenvalue weighted by Crippen LogP contribution is 2.17. The zero-order chi connectivity index (χ0) is 48.6. The molecule has 396 valence electrons. The molecule has 0 heterocycles. The van der Waals surface area contributed by atoms with Gasteiger partial charge in [0, 0.05) is 19.3 Å². The normalized spacial score (nSPS) is 12.0. The van der Waals surface area contributed by atoms with E-state index in [9.17, 15) is 14.4 Å². The Morgan fingerprint density at radius 1 is 0.284 bits per heavy atom. The molecule has 0 amide bonds. The van der Waals surface area contributed by atoms with Gasteiger partial charge < -0.3 is 14.2 Å². The van der Waals surface area contributed by atoms with Gasteiger partial charge in [-0.1, -0.05) is 290 Å². The molecule has 0 aliphatic rings. The highest BCUT2D eigenvalue weighted by atomic mass is 16.6. The maximum Gasteiger partial charge on any atom is 0.306 e. The van der Waals surface area contributed by atoms with Crippen molar-refractivity contribution in [2.75, 3.05) is 13.2 Å². The molecule has 0 spiro atoms. The van der Waals surface area contributed by atoms with Crippen molar-refractivity contribution in [3.63, 3.8) is 0 Å². The molecular weight excluding hydrogens is 829 g/mol. The summed E-state index contributed by atoms with van der Waals surface area (Å²) in [6.45, 7) is 6.67. The second-order valence-electron chi connectivity index (χ2n) is 20.6. The van der Waals surface area contributed by atoms with E-state index in [1.165, 1.54) is 244 Å². The summed E-state index contributed by atoms with van der Waals surface area (Å²) in [5.74, 6) is -0.843. The number of carbonyl (C=O) groups is 3. The molecule has 0 N–H and O–H groups in total. The van der Waals surface area contributed by atoms with Crippen molar-refractivity contribution in [2.24, 2.45) is 0 Å². The van der Waals surface area contributed by atoms with E-state index in [1.807, 2.05) is 0 Å². The Labute approximate surface area is 418 Å². The topological polar surface area (TPSA) is 78.9 Å². The zero-order valence-electron chi connectivity index (χ0n) is 45.5. The molecule has 0 aromatic carbocycles. The van der Waals surface area contributed by atoms with Crippen LogP contribution in [0.2, 0.25) is 0 Å². The molecule has 0 bridgehead atoms. The molecule has 0 rings (SSSR count). The lowest BCUT2D eigenvalue weighted by atomic mass is 10.0. The molecule has 0 fully saturated rings. The number of hydrogen-bond acceptors (Lipinski definition) is 6. The average Bonchev–Trinajstić information content (AvgIpc) is 3.33. The molecule has 6 heteroatoms. The van der Waals surface area contributed by atoms with Crippen molar-refractivity contribution >= 4 is 17.9 Å². The summed E-state index contributed by atoms with van der Waals surface area (Å²) < 4.78 is 16.8. The maximum absolute atomic E-state index is 12.8. The van der Waals surface area contributed by atoms with Crippen LogP contribution in [0.4, 0.5) is 0 Å². The van der Waals surface area contributed by atoms with Crippen LogP contribution in [0.3, 0.4) is 0 Å². The Kier molecular flexibility index (Phi) is 55.2. The molecular formula is C61H116O6. The van der Waals surface area contributed by atoms with Crippen LogP contribution in [0.25, 0.3) is 0 Å². The number of allylic oxidation sites excluding steroid dienone is 2. The molecule has 0 saturated carbocycles. The molecule has 0 aliphatic carbocycles. The Hall–Kier alpha value is -1.85. The predicted octanol–water partition coefficient (Wildman–Crippen LogP) is 20.1. The van der Waals surface area contributed by atoms with Crippen LogP contribution in [-0.2, 0) is 28.6 Å². The van der Waals surface area contributed by atoms with E-state index in [-0.39, 0.29) is 31.1 Å². The summed E-state index contributed by atoms with van der Waals surface area (Å²) in [7, 11) is 0. The number of unbranched alkanes of at least 4 members (excludes halogenated alkanes) is 43. The minimum atomic E-state index is -0.762. The van der Waals surface area contributed by atoms with Gasteiger partial charge in [0.25, 0.3) is 0 Å². The van der Waals surface area contributed by atoms with Gasteiger partial charge in [0.15, 0.2) is 6.10 Å². The minimum absolute atomic E-state index is 0.0636. The fourth-order valence-corrected chi connectivity index (χ4v) is 9.21. The van der Waals surface area contributed by atoms with Gasteiger partial charge in [0.2, 0.25) is 0 Å². The van der Waals surface area contributed by atoms with Gasteiger partial charge in [-0.25, -0.2) is 0 Å². The van der Waals surface area contributed by atoms with Crippen LogP contribution in [0, 0.1) is 0 Å². The molecule has 67 heavy (non-hydrogen) atoms. The summed E-state index contributed by atoms with van der Waals surface area (Å²) in [6.07, 6.45) is 65.1. The fourth-order valence-electron chi connectivity index (χ4n) is 9.21. The molecule has 0 aliphatic heterocycles. The largest absolute Gasteiger partial charge is 0.462 e. The van der Waals surface area contributed by atoms with Gasteiger partial charge in [0.1, 0.15) is 13.2 Å². The van der Waals surface area contributed by atoms with E-state index < -0.39 is 6.10 Å². The summed E-state index contributed by atoms with van der Waals surface area (Å²) in [6, 6.07) is 0. The third-order valence-electron chi connectivity index (χ3n) is 13.8. The third kappa shape index (κ3) is 55.0. The molecule has 1 atom stereocenters. The van der Waals surface area contributed by atoms with E-state index in [0.717, 1.165) is 57.8 Å². The second kappa shape index (κ2) is 56.7. The number of carbonyl (C=O) groups excluding carboxylic acids is 3. The Morgan fingerprint density at radius 3 is 0.746 bits per heavy atom. The number of esters is 3. The fraction of sp³-hybridized carbons (Fsp3) is 0.918. The molecule has 0 radical (unpaired) electrons. The zero-order valence-corrected chi connectivity index (χ0v) is 45.5. The monoisotopic (exact) mass is 945 g/mol. The van der Waals surface area contributed by atoms with Crippen LogP contribution in [0.1, 0.15) is 342 Å². The minimum Gasteiger partial charge on any atom is -0.462 e. The number of ether oxygens (including phenoxy) is 3. The van der Waals surface area contributed by atoms with E-state index in [0.29, 0.717) is 19.3 Å². The standard InChI is InChI=1S/C61H116O6/c1-4-7-10-13-16-19-22-24-25-26-27-28-29-30-31-32-33-34-35-36-37-38-40-42-45-48-51-54-60(63)66-57-58(56-65-59(62)53-50-47-44-41-21-18-15-12-9-6-3)67-61(64)55-52-49-46-43-39-23-20-17-14-11-8-5-2/h26-27,58H,4-25,28-57H2,1-3H3/b27-26-. The molecule has 6 nitrogen and oxygen atoms in total. The predicted molar refractivity (Wildman–Crippen MR) is 289 cm³/mol. The van der Waals surface area contributed by atoms with Gasteiger partial charge in [-0.15, -0.1) is 0 Å². The average molecular weight is 946 g/mol. The summed E-state index contributed by atoms with van der Waals surface area (Å²) in [4.78, 5) is 38.0. The van der Waals surface area contributed by atoms with Crippen molar-refractivity contribution in [2.45, 2.75) is 348 Å². The smallest absolute Gasteiger partial charge is 0.306 e. The molecule has 1 unspecified atom stereocenters. The highest BCUT2D eigenvalue weighted by molar-refractivity contribution is 5.71. The van der Waals surface area contributed by atoms with E-state index in [2.05, 4.69) is 32.9 Å². The summed E-state index contributed by atoms with van der Waals surface area (Å²) >= 11 is 0. The Morgan fingerprint density at radius 2 is 0.493 bits per heavy atom. The van der Waals surface area contributed by atoms with Crippen molar-refractivity contribution in [1.29, 1.82) is 0 Å². The van der Waals surface area contributed by atoms with Crippen molar-refractivity contribution < 1.29 is 28.6 Å². The van der Waals surface area contributed by atoms with E-state index in [4.69, 9.17) is 14.2 Å². The van der Waals surface area contributed by atoms with Crippen LogP contribution in [0.15, 0.2) is 12.2 Å². The van der Waals surface area contributed by atoms with E-state index >= 15 is 0 Å². The number of hydrogen-bond donors (Lipinski definition) is 0. The quantitative estimate of drug-likeness (QED) is 0.0262. The Balaban J connectivity index is 4.08. The lowest BCUT2D eigenvalue weighted by Gasteiger charge is -2.18. The van der Waals surface area contributed by atoms with Gasteiger partial charge in [-0.2, -0.15) is 0 Å². The van der Waals surface area contributed by atoms with Crippen LogP contribution in [-0.4, -0.2) is 37.2 Å². The van der Waals surface area contributed by atoms with E-state index in [1.54, 1.807) is 0 Å². The first-order valence-corrected chi connectivity index (χ1v) is 30.2. The van der Waals surface area contributed by atoms with Crippen LogP contribution in [0.5, 0.6) is 0 Å². The SMILES string of the molecule is CCCCCCCCCC/C=C\CCCCCCCCCCCCCCCCCC(=O)OCC(COC(=O)CCCCCCCCCCCC)OC(=O)CCCCCCCCCCCCCC. The summed E-state index contributed by atoms with van der Waals surface area (Å²) in [5.41, 5.74) is 0. The highest BCUT2D eigenvalue weighted by Gasteiger charge is 2.19. The van der Waals surface area contributed by atoms with Crippen LogP contribution >= 0.6 is 0 Å². The van der Waals surface area contributed by atoms with Crippen molar-refractivity contribution in [3.05, 3.63) is 12.2 Å². The second-order valence-corrected chi connectivity index (χ2v) is 20.6. The van der Waals surface area contributed by atoms with Crippen molar-refractivity contribution in [1.82, 2.24) is 0 Å². The summed E-state index contributed by atoms with van der Waals surface area (Å²) in [5, 5.41) is 0. The first-order valence-electron chi connectivity index (χ1n) is 30.2. The van der Waals surface area contributed by atoms with Gasteiger partial charge in [0.05, 0.1) is 0 Å². The maximum atomic E-state index is 12.8. The first kappa shape index (κ1) is 65.1. The molecule has 0 saturated heterocycles. The van der Waals surface area contributed by atoms with Crippen LogP contribution < -0.4 is 0 Å². The van der Waals surface area contributed by atoms with Gasteiger partial charge in [-0.3, -0.25) is 14.4 Å². The lowest BCUT2D eigenvalue weighted by molar-refractivity contribution is -0.167.